The van der Waals surface area contributed by atoms with Crippen molar-refractivity contribution in [3.63, 3.8) is 0 Å². The summed E-state index contributed by atoms with van der Waals surface area (Å²) in [6.07, 6.45) is 1.69. The van der Waals surface area contributed by atoms with Gasteiger partial charge in [-0.2, -0.15) is 0 Å². The highest BCUT2D eigenvalue weighted by molar-refractivity contribution is 7.91. The van der Waals surface area contributed by atoms with Gasteiger partial charge in [-0.3, -0.25) is 0 Å². The minimum absolute atomic E-state index is 0.577. The Labute approximate surface area is 102 Å². The van der Waals surface area contributed by atoms with Crippen molar-refractivity contribution in [3.8, 4) is 0 Å². The molecule has 0 radical (unpaired) electrons. The second-order valence-corrected chi connectivity index (χ2v) is 5.86. The maximum atomic E-state index is 11.2. The molecule has 1 aromatic rings. The number of hydrogen-bond acceptors (Lipinski definition) is 4. The molecule has 1 fully saturated rings. The molecule has 6 heteroatoms. The van der Waals surface area contributed by atoms with Gasteiger partial charge in [-0.15, -0.1) is 12.6 Å². The maximum Gasteiger partial charge on any atom is 0.148 e. The number of hydrogen-bond donors (Lipinski definition) is 1. The molecule has 2 heterocycles. The van der Waals surface area contributed by atoms with Gasteiger partial charge in [-0.1, -0.05) is 22.8 Å². The molecule has 2 rings (SSSR count). The van der Waals surface area contributed by atoms with Gasteiger partial charge in [0.25, 0.3) is 0 Å². The van der Waals surface area contributed by atoms with Crippen LogP contribution in [0.4, 0.5) is 5.82 Å². The van der Waals surface area contributed by atoms with Crippen LogP contribution in [-0.4, -0.2) is 34.1 Å². The highest BCUT2D eigenvalue weighted by Gasteiger charge is 2.22. The highest BCUT2D eigenvalue weighted by atomic mass is 35.5. The quantitative estimate of drug-likeness (QED) is 0.617. The van der Waals surface area contributed by atoms with Gasteiger partial charge in [0.1, 0.15) is 17.3 Å². The Morgan fingerprint density at radius 2 is 2.13 bits per heavy atom. The van der Waals surface area contributed by atoms with Gasteiger partial charge in [0.15, 0.2) is 0 Å². The van der Waals surface area contributed by atoms with Crippen molar-refractivity contribution in [2.75, 3.05) is 29.5 Å². The Morgan fingerprint density at radius 3 is 2.80 bits per heavy atom. The third kappa shape index (κ3) is 2.53. The molecule has 0 atom stereocenters. The Bertz CT molecular complexity index is 356. The Kier molecular flexibility index (Phi) is 3.66. The fraction of sp³-hybridized carbons (Fsp3) is 0.444. The van der Waals surface area contributed by atoms with Crippen LogP contribution in [0, 0.1) is 0 Å². The molecular weight excluding hydrogens is 252 g/mol. The van der Waals surface area contributed by atoms with Crippen molar-refractivity contribution in [3.05, 3.63) is 17.3 Å². The third-order valence-electron chi connectivity index (χ3n) is 2.33. The van der Waals surface area contributed by atoms with Crippen molar-refractivity contribution < 1.29 is 4.55 Å². The van der Waals surface area contributed by atoms with Crippen molar-refractivity contribution in [1.82, 2.24) is 4.98 Å². The number of nitrogens with zero attached hydrogens (tertiary/aromatic N) is 2. The summed E-state index contributed by atoms with van der Waals surface area (Å²) in [6, 6.07) is 1.76. The van der Waals surface area contributed by atoms with E-state index in [1.165, 1.54) is 0 Å². The lowest BCUT2D eigenvalue weighted by Crippen LogP contribution is -2.40. The number of thiol groups is 1. The predicted octanol–water partition coefficient (Wildman–Crippen LogP) is 1.59. The van der Waals surface area contributed by atoms with Gasteiger partial charge >= 0.3 is 0 Å². The van der Waals surface area contributed by atoms with Crippen LogP contribution in [0.25, 0.3) is 0 Å². The summed E-state index contributed by atoms with van der Waals surface area (Å²) in [5.74, 6) is 2.13. The molecule has 1 saturated heterocycles. The number of anilines is 1. The molecule has 0 N–H and O–H groups in total. The minimum atomic E-state index is -0.678. The summed E-state index contributed by atoms with van der Waals surface area (Å²) in [7, 11) is 0. The fourth-order valence-corrected chi connectivity index (χ4v) is 2.94. The Balaban J connectivity index is 2.19. The molecule has 0 spiro atoms. The third-order valence-corrected chi connectivity index (χ3v) is 4.48. The van der Waals surface area contributed by atoms with E-state index in [0.717, 1.165) is 23.8 Å². The minimum Gasteiger partial charge on any atom is -0.616 e. The van der Waals surface area contributed by atoms with Crippen LogP contribution >= 0.6 is 24.2 Å². The molecule has 15 heavy (non-hydrogen) atoms. The van der Waals surface area contributed by atoms with Gasteiger partial charge in [-0.05, 0) is 6.07 Å². The molecular formula is C9H11ClN2OS2. The van der Waals surface area contributed by atoms with E-state index in [9.17, 15) is 4.55 Å². The van der Waals surface area contributed by atoms with Crippen molar-refractivity contribution >= 4 is 41.2 Å². The van der Waals surface area contributed by atoms with Crippen LogP contribution in [0.3, 0.4) is 0 Å². The zero-order chi connectivity index (χ0) is 10.8. The van der Waals surface area contributed by atoms with Gasteiger partial charge in [0.2, 0.25) is 0 Å². The van der Waals surface area contributed by atoms with Crippen LogP contribution in [0.15, 0.2) is 17.2 Å². The summed E-state index contributed by atoms with van der Waals surface area (Å²) in [6.45, 7) is 1.49. The smallest absolute Gasteiger partial charge is 0.148 e. The SMILES string of the molecule is [O-][S+]1CCN(c2nccc(S)c2Cl)CC1. The molecule has 3 nitrogen and oxygen atoms in total. The van der Waals surface area contributed by atoms with Crippen LogP contribution in [0.5, 0.6) is 0 Å². The summed E-state index contributed by atoms with van der Waals surface area (Å²) in [5.41, 5.74) is 0. The average molecular weight is 263 g/mol. The fourth-order valence-electron chi connectivity index (χ4n) is 1.49. The lowest BCUT2D eigenvalue weighted by molar-refractivity contribution is 0.585. The normalized spacial score (nSPS) is 18.2. The molecule has 1 aliphatic rings. The van der Waals surface area contributed by atoms with E-state index in [1.54, 1.807) is 12.3 Å². The molecule has 0 unspecified atom stereocenters. The van der Waals surface area contributed by atoms with E-state index in [0.29, 0.717) is 16.5 Å². The van der Waals surface area contributed by atoms with Crippen LogP contribution in [-0.2, 0) is 11.2 Å². The van der Waals surface area contributed by atoms with Gasteiger partial charge < -0.3 is 9.45 Å². The molecule has 0 aromatic carbocycles. The summed E-state index contributed by atoms with van der Waals surface area (Å²) < 4.78 is 11.2. The summed E-state index contributed by atoms with van der Waals surface area (Å²) in [4.78, 5) is 7.02. The van der Waals surface area contributed by atoms with Gasteiger partial charge in [0.05, 0.1) is 18.1 Å². The standard InChI is InChI=1S/C9H11ClN2OS2/c10-8-7(14)1-2-11-9(8)12-3-5-15(13)6-4-12/h1-2H,3-6H2,(H,11,14). The second-order valence-electron chi connectivity index (χ2n) is 3.30. The molecule has 0 amide bonds. The van der Waals surface area contributed by atoms with Crippen LogP contribution in [0.2, 0.25) is 5.02 Å². The maximum absolute atomic E-state index is 11.2. The van der Waals surface area contributed by atoms with Gasteiger partial charge in [0, 0.05) is 11.1 Å². The average Bonchev–Trinajstić information content (AvgIpc) is 2.24. The zero-order valence-corrected chi connectivity index (χ0v) is 10.5. The second kappa shape index (κ2) is 4.82. The van der Waals surface area contributed by atoms with Gasteiger partial charge in [-0.25, -0.2) is 4.98 Å². The predicted molar refractivity (Wildman–Crippen MR) is 66.6 cm³/mol. The van der Waals surface area contributed by atoms with Crippen LogP contribution in [0.1, 0.15) is 0 Å². The summed E-state index contributed by atoms with van der Waals surface area (Å²) >= 11 is 9.67. The monoisotopic (exact) mass is 262 g/mol. The number of rotatable bonds is 1. The highest BCUT2D eigenvalue weighted by Crippen LogP contribution is 2.29. The molecule has 1 aromatic heterocycles. The Morgan fingerprint density at radius 1 is 1.47 bits per heavy atom. The lowest BCUT2D eigenvalue weighted by atomic mass is 10.4. The zero-order valence-electron chi connectivity index (χ0n) is 8.02. The Hall–Kier alpha value is -0.100. The van der Waals surface area contributed by atoms with Crippen molar-refractivity contribution in [2.45, 2.75) is 4.90 Å². The first-order valence-corrected chi connectivity index (χ1v) is 6.93. The first-order chi connectivity index (χ1) is 7.18. The number of halogens is 1. The van der Waals surface area contributed by atoms with E-state index in [1.807, 2.05) is 0 Å². The molecule has 1 aliphatic heterocycles. The van der Waals surface area contributed by atoms with E-state index in [4.69, 9.17) is 11.6 Å². The van der Waals surface area contributed by atoms with E-state index in [-0.39, 0.29) is 0 Å². The molecule has 0 bridgehead atoms. The molecule has 82 valence electrons. The van der Waals surface area contributed by atoms with E-state index >= 15 is 0 Å². The van der Waals surface area contributed by atoms with Crippen molar-refractivity contribution in [2.24, 2.45) is 0 Å². The first kappa shape index (κ1) is 11.4. The number of pyridine rings is 1. The lowest BCUT2D eigenvalue weighted by Gasteiger charge is -2.29. The largest absolute Gasteiger partial charge is 0.616 e. The van der Waals surface area contributed by atoms with Crippen LogP contribution < -0.4 is 4.90 Å². The van der Waals surface area contributed by atoms with Crippen molar-refractivity contribution in [1.29, 1.82) is 0 Å². The van der Waals surface area contributed by atoms with E-state index < -0.39 is 11.2 Å². The summed E-state index contributed by atoms with van der Waals surface area (Å²) in [5, 5.41) is 0.577. The molecule has 0 aliphatic carbocycles. The topological polar surface area (TPSA) is 39.2 Å². The molecule has 0 saturated carbocycles. The number of aromatic nitrogens is 1. The van der Waals surface area contributed by atoms with E-state index in [2.05, 4.69) is 22.5 Å². The first-order valence-electron chi connectivity index (χ1n) is 4.62.